The molecule has 18 heavy (non-hydrogen) atoms. The van der Waals surface area contributed by atoms with Crippen LogP contribution in [0.2, 0.25) is 0 Å². The van der Waals surface area contributed by atoms with Gasteiger partial charge in [-0.1, -0.05) is 6.92 Å². The number of carbonyl (C=O) groups is 1. The van der Waals surface area contributed by atoms with E-state index < -0.39 is 16.4 Å². The molecule has 1 heterocycles. The van der Waals surface area contributed by atoms with E-state index in [0.29, 0.717) is 12.1 Å². The molecule has 0 aliphatic heterocycles. The molecule has 8 heteroatoms. The lowest BCUT2D eigenvalue weighted by Gasteiger charge is -2.21. The Morgan fingerprint density at radius 3 is 2.56 bits per heavy atom. The highest BCUT2D eigenvalue weighted by molar-refractivity contribution is 5.82. The predicted molar refractivity (Wildman–Crippen MR) is 64.6 cm³/mol. The summed E-state index contributed by atoms with van der Waals surface area (Å²) >= 11 is 0. The molecule has 0 aliphatic rings. The third-order valence-electron chi connectivity index (χ3n) is 2.57. The van der Waals surface area contributed by atoms with E-state index in [2.05, 4.69) is 10.4 Å². The van der Waals surface area contributed by atoms with Gasteiger partial charge < -0.3 is 10.4 Å². The number of aliphatic carboxylic acids is 1. The van der Waals surface area contributed by atoms with Crippen LogP contribution in [0.4, 0.5) is 11.5 Å². The van der Waals surface area contributed by atoms with Crippen molar-refractivity contribution in [1.82, 2.24) is 9.78 Å². The molecule has 0 atom stereocenters. The molecule has 2 N–H and O–H groups in total. The van der Waals surface area contributed by atoms with Gasteiger partial charge in [0.2, 0.25) is 5.82 Å². The first kappa shape index (κ1) is 13.9. The number of carboxylic acid groups (broad SMARTS) is 1. The van der Waals surface area contributed by atoms with Crippen molar-refractivity contribution in [2.75, 3.05) is 5.32 Å². The molecule has 0 saturated heterocycles. The highest BCUT2D eigenvalue weighted by Crippen LogP contribution is 2.30. The van der Waals surface area contributed by atoms with Crippen molar-refractivity contribution in [3.8, 4) is 0 Å². The Bertz CT molecular complexity index is 492. The third-order valence-corrected chi connectivity index (χ3v) is 2.57. The van der Waals surface area contributed by atoms with Crippen molar-refractivity contribution in [2.45, 2.75) is 32.7 Å². The molecular weight excluding hydrogens is 240 g/mol. The maximum absolute atomic E-state index is 11.0. The van der Waals surface area contributed by atoms with Crippen LogP contribution in [0.5, 0.6) is 0 Å². The number of hydrogen-bond acceptors (Lipinski definition) is 5. The summed E-state index contributed by atoms with van der Waals surface area (Å²) in [5.74, 6) is -1.000. The second kappa shape index (κ2) is 4.63. The molecule has 0 saturated carbocycles. The standard InChI is InChI=1S/C10H16N4O4/c1-5-6-7(14(17)18)8(13(4)12-6)11-10(2,3)9(15)16/h11H,5H2,1-4H3,(H,15,16). The van der Waals surface area contributed by atoms with Gasteiger partial charge >= 0.3 is 11.7 Å². The summed E-state index contributed by atoms with van der Waals surface area (Å²) in [5.41, 5.74) is -1.16. The number of nitrogens with zero attached hydrogens (tertiary/aromatic N) is 3. The number of nitro groups is 1. The van der Waals surface area contributed by atoms with Crippen LogP contribution in [0, 0.1) is 10.1 Å². The van der Waals surface area contributed by atoms with E-state index in [0.717, 1.165) is 0 Å². The van der Waals surface area contributed by atoms with Crippen LogP contribution < -0.4 is 5.32 Å². The fraction of sp³-hybridized carbons (Fsp3) is 0.600. The Morgan fingerprint density at radius 2 is 2.17 bits per heavy atom. The minimum absolute atomic E-state index is 0.101. The first-order valence-corrected chi connectivity index (χ1v) is 5.42. The van der Waals surface area contributed by atoms with Gasteiger partial charge in [-0.3, -0.25) is 10.1 Å². The minimum atomic E-state index is -1.32. The molecule has 1 rings (SSSR count). The van der Waals surface area contributed by atoms with Crippen molar-refractivity contribution in [3.63, 3.8) is 0 Å². The van der Waals surface area contributed by atoms with Crippen LogP contribution in [0.3, 0.4) is 0 Å². The second-order valence-corrected chi connectivity index (χ2v) is 4.43. The molecule has 1 aromatic heterocycles. The zero-order valence-corrected chi connectivity index (χ0v) is 10.7. The minimum Gasteiger partial charge on any atom is -0.480 e. The number of nitrogens with one attached hydrogen (secondary N) is 1. The van der Waals surface area contributed by atoms with Gasteiger partial charge in [0.25, 0.3) is 0 Å². The molecule has 0 unspecified atom stereocenters. The zero-order chi connectivity index (χ0) is 14.1. The first-order valence-electron chi connectivity index (χ1n) is 5.42. The van der Waals surface area contributed by atoms with Crippen LogP contribution >= 0.6 is 0 Å². The smallest absolute Gasteiger partial charge is 0.334 e. The van der Waals surface area contributed by atoms with Gasteiger partial charge in [0.15, 0.2) is 0 Å². The SMILES string of the molecule is CCc1nn(C)c(NC(C)(C)C(=O)O)c1[N+](=O)[O-]. The molecule has 8 nitrogen and oxygen atoms in total. The molecule has 0 spiro atoms. The number of hydrogen-bond donors (Lipinski definition) is 2. The van der Waals surface area contributed by atoms with Gasteiger partial charge in [-0.15, -0.1) is 0 Å². The molecule has 100 valence electrons. The first-order chi connectivity index (χ1) is 8.20. The maximum atomic E-state index is 11.0. The van der Waals surface area contributed by atoms with E-state index in [1.165, 1.54) is 25.6 Å². The molecule has 0 radical (unpaired) electrons. The van der Waals surface area contributed by atoms with E-state index in [1.807, 2.05) is 0 Å². The van der Waals surface area contributed by atoms with Crippen LogP contribution in [0.1, 0.15) is 26.5 Å². The summed E-state index contributed by atoms with van der Waals surface area (Å²) < 4.78 is 1.29. The summed E-state index contributed by atoms with van der Waals surface area (Å²) in [5, 5.41) is 26.7. The number of carboxylic acids is 1. The van der Waals surface area contributed by atoms with Crippen molar-refractivity contribution in [3.05, 3.63) is 15.8 Å². The van der Waals surface area contributed by atoms with Gasteiger partial charge in [0.05, 0.1) is 4.92 Å². The monoisotopic (exact) mass is 256 g/mol. The Hall–Kier alpha value is -2.12. The highest BCUT2D eigenvalue weighted by Gasteiger charge is 2.33. The largest absolute Gasteiger partial charge is 0.480 e. The average Bonchev–Trinajstić information content (AvgIpc) is 2.54. The van der Waals surface area contributed by atoms with Crippen LogP contribution in [-0.2, 0) is 18.3 Å². The van der Waals surface area contributed by atoms with E-state index in [-0.39, 0.29) is 11.5 Å². The van der Waals surface area contributed by atoms with Crippen molar-refractivity contribution >= 4 is 17.5 Å². The Labute approximate surface area is 104 Å². The maximum Gasteiger partial charge on any atom is 0.334 e. The summed E-state index contributed by atoms with van der Waals surface area (Å²) in [6, 6.07) is 0. The Kier molecular flexibility index (Phi) is 3.59. The van der Waals surface area contributed by atoms with Gasteiger partial charge in [0.1, 0.15) is 11.2 Å². The fourth-order valence-electron chi connectivity index (χ4n) is 1.49. The third kappa shape index (κ3) is 2.41. The highest BCUT2D eigenvalue weighted by atomic mass is 16.6. The average molecular weight is 256 g/mol. The van der Waals surface area contributed by atoms with Gasteiger partial charge in [0, 0.05) is 7.05 Å². The van der Waals surface area contributed by atoms with Crippen molar-refractivity contribution in [1.29, 1.82) is 0 Å². The van der Waals surface area contributed by atoms with E-state index in [1.54, 1.807) is 6.92 Å². The quantitative estimate of drug-likeness (QED) is 0.604. The van der Waals surface area contributed by atoms with Crippen LogP contribution in [0.25, 0.3) is 0 Å². The van der Waals surface area contributed by atoms with Gasteiger partial charge in [-0.05, 0) is 20.3 Å². The lowest BCUT2D eigenvalue weighted by molar-refractivity contribution is -0.384. The van der Waals surface area contributed by atoms with E-state index >= 15 is 0 Å². The molecule has 0 aromatic carbocycles. The lowest BCUT2D eigenvalue weighted by Crippen LogP contribution is -2.40. The zero-order valence-electron chi connectivity index (χ0n) is 10.7. The Balaban J connectivity index is 3.28. The molecule has 0 amide bonds. The predicted octanol–water partition coefficient (Wildman–Crippen LogP) is 1.17. The number of aromatic nitrogens is 2. The van der Waals surface area contributed by atoms with E-state index in [9.17, 15) is 14.9 Å². The summed E-state index contributed by atoms with van der Waals surface area (Å²) in [7, 11) is 1.53. The molecule has 0 bridgehead atoms. The van der Waals surface area contributed by atoms with Crippen LogP contribution in [-0.4, -0.2) is 31.3 Å². The number of anilines is 1. The second-order valence-electron chi connectivity index (χ2n) is 4.43. The molecule has 0 fully saturated rings. The van der Waals surface area contributed by atoms with Crippen LogP contribution in [0.15, 0.2) is 0 Å². The Morgan fingerprint density at radius 1 is 1.61 bits per heavy atom. The van der Waals surface area contributed by atoms with E-state index in [4.69, 9.17) is 5.11 Å². The van der Waals surface area contributed by atoms with Crippen molar-refractivity contribution < 1.29 is 14.8 Å². The normalized spacial score (nSPS) is 11.3. The lowest BCUT2D eigenvalue weighted by atomic mass is 10.1. The van der Waals surface area contributed by atoms with Gasteiger partial charge in [-0.25, -0.2) is 9.48 Å². The molecular formula is C10H16N4O4. The summed E-state index contributed by atoms with van der Waals surface area (Å²) in [6.07, 6.45) is 0.402. The number of aryl methyl sites for hydroxylation is 2. The fourth-order valence-corrected chi connectivity index (χ4v) is 1.49. The number of rotatable bonds is 5. The summed E-state index contributed by atoms with van der Waals surface area (Å²) in [6.45, 7) is 4.61. The van der Waals surface area contributed by atoms with Gasteiger partial charge in [-0.2, -0.15) is 5.10 Å². The molecule has 0 aliphatic carbocycles. The van der Waals surface area contributed by atoms with Crippen molar-refractivity contribution in [2.24, 2.45) is 7.05 Å². The topological polar surface area (TPSA) is 110 Å². The summed E-state index contributed by atoms with van der Waals surface area (Å²) in [4.78, 5) is 21.5. The molecule has 1 aromatic rings.